The molecule has 4 aromatic carbocycles. The van der Waals surface area contributed by atoms with E-state index in [0.29, 0.717) is 0 Å². The second-order valence-electron chi connectivity index (χ2n) is 8.60. The van der Waals surface area contributed by atoms with E-state index >= 15 is 0 Å². The highest BCUT2D eigenvalue weighted by atomic mass is 14.2. The van der Waals surface area contributed by atoms with E-state index < -0.39 is 0 Å². The fourth-order valence-corrected chi connectivity index (χ4v) is 4.68. The minimum absolute atomic E-state index is 1.29. The van der Waals surface area contributed by atoms with E-state index in [1.807, 2.05) is 0 Å². The molecular formula is C30H30. The van der Waals surface area contributed by atoms with Gasteiger partial charge in [0.1, 0.15) is 0 Å². The first-order valence-corrected chi connectivity index (χ1v) is 10.7. The van der Waals surface area contributed by atoms with Crippen LogP contribution in [0.25, 0.3) is 33.4 Å². The molecule has 4 aromatic rings. The highest BCUT2D eigenvalue weighted by molar-refractivity contribution is 5.91. The van der Waals surface area contributed by atoms with Crippen molar-refractivity contribution in [3.05, 3.63) is 106 Å². The van der Waals surface area contributed by atoms with E-state index in [-0.39, 0.29) is 0 Å². The lowest BCUT2D eigenvalue weighted by molar-refractivity contribution is 1.31. The van der Waals surface area contributed by atoms with Gasteiger partial charge < -0.3 is 0 Å². The van der Waals surface area contributed by atoms with Crippen LogP contribution in [-0.2, 0) is 0 Å². The van der Waals surface area contributed by atoms with Crippen LogP contribution in [-0.4, -0.2) is 0 Å². The zero-order chi connectivity index (χ0) is 21.4. The Hall–Kier alpha value is -3.12. The van der Waals surface area contributed by atoms with Crippen molar-refractivity contribution in [2.45, 2.75) is 41.5 Å². The third kappa shape index (κ3) is 3.59. The molecule has 0 aromatic heterocycles. The molecule has 0 saturated heterocycles. The Morgan fingerprint density at radius 1 is 0.300 bits per heavy atom. The van der Waals surface area contributed by atoms with E-state index in [2.05, 4.69) is 114 Å². The molecule has 0 saturated carbocycles. The molecule has 0 radical (unpaired) electrons. The van der Waals surface area contributed by atoms with Gasteiger partial charge in [-0.1, -0.05) is 89.5 Å². The maximum absolute atomic E-state index is 2.28. The summed E-state index contributed by atoms with van der Waals surface area (Å²) in [5.74, 6) is 0. The van der Waals surface area contributed by atoms with E-state index in [4.69, 9.17) is 0 Å². The Kier molecular flexibility index (Phi) is 5.35. The number of benzene rings is 4. The van der Waals surface area contributed by atoms with Gasteiger partial charge in [-0.15, -0.1) is 0 Å². The molecule has 0 bridgehead atoms. The molecule has 0 heteroatoms. The molecular weight excluding hydrogens is 360 g/mol. The Labute approximate surface area is 181 Å². The van der Waals surface area contributed by atoms with Crippen molar-refractivity contribution >= 4 is 0 Å². The van der Waals surface area contributed by atoms with Gasteiger partial charge in [0.05, 0.1) is 0 Å². The van der Waals surface area contributed by atoms with Gasteiger partial charge in [-0.3, -0.25) is 0 Å². The number of aryl methyl sites for hydroxylation is 3. The zero-order valence-corrected chi connectivity index (χ0v) is 18.9. The fraction of sp³-hybridized carbons (Fsp3) is 0.200. The van der Waals surface area contributed by atoms with E-state index in [1.165, 1.54) is 66.8 Å². The van der Waals surface area contributed by atoms with Crippen LogP contribution in [0.3, 0.4) is 0 Å². The predicted octanol–water partition coefficient (Wildman–Crippen LogP) is 8.54. The number of hydrogen-bond donors (Lipinski definition) is 0. The Bertz CT molecular complexity index is 1010. The van der Waals surface area contributed by atoms with Gasteiger partial charge in [-0.05, 0) is 91.6 Å². The standard InChI is InChI=1S/C30H30/c1-19-7-13-25(14-8-19)28-22(4)29(26-15-9-20(2)10-16-26)24(6)30(23(28)5)27-17-11-21(3)12-18-27/h7-18H,1-6H3. The van der Waals surface area contributed by atoms with Gasteiger partial charge >= 0.3 is 0 Å². The average molecular weight is 391 g/mol. The second kappa shape index (κ2) is 7.95. The smallest absolute Gasteiger partial charge is 0.0113 e. The second-order valence-corrected chi connectivity index (χ2v) is 8.60. The summed E-state index contributed by atoms with van der Waals surface area (Å²) in [7, 11) is 0. The predicted molar refractivity (Wildman–Crippen MR) is 131 cm³/mol. The number of hydrogen-bond acceptors (Lipinski definition) is 0. The van der Waals surface area contributed by atoms with E-state index in [0.717, 1.165) is 0 Å². The van der Waals surface area contributed by atoms with Gasteiger partial charge in [0, 0.05) is 0 Å². The average Bonchev–Trinajstić information content (AvgIpc) is 2.72. The first kappa shape index (κ1) is 20.2. The van der Waals surface area contributed by atoms with Gasteiger partial charge in [-0.25, -0.2) is 0 Å². The molecule has 150 valence electrons. The summed E-state index contributed by atoms with van der Waals surface area (Å²) in [6.07, 6.45) is 0. The molecule has 0 aliphatic heterocycles. The van der Waals surface area contributed by atoms with E-state index in [1.54, 1.807) is 0 Å². The number of rotatable bonds is 3. The van der Waals surface area contributed by atoms with Crippen molar-refractivity contribution in [3.8, 4) is 33.4 Å². The lowest BCUT2D eigenvalue weighted by Crippen LogP contribution is -2.00. The van der Waals surface area contributed by atoms with Crippen LogP contribution in [0.15, 0.2) is 72.8 Å². The molecule has 0 aliphatic rings. The molecule has 0 aliphatic carbocycles. The van der Waals surface area contributed by atoms with Crippen LogP contribution < -0.4 is 0 Å². The van der Waals surface area contributed by atoms with E-state index in [9.17, 15) is 0 Å². The molecule has 0 unspecified atom stereocenters. The third-order valence-electron chi connectivity index (χ3n) is 6.27. The highest BCUT2D eigenvalue weighted by Gasteiger charge is 2.20. The van der Waals surface area contributed by atoms with Crippen molar-refractivity contribution in [2.24, 2.45) is 0 Å². The maximum Gasteiger partial charge on any atom is -0.0113 e. The summed E-state index contributed by atoms with van der Waals surface area (Å²) in [6, 6.07) is 26.9. The third-order valence-corrected chi connectivity index (χ3v) is 6.27. The topological polar surface area (TPSA) is 0 Å². The van der Waals surface area contributed by atoms with Crippen LogP contribution in [0.4, 0.5) is 0 Å². The summed E-state index contributed by atoms with van der Waals surface area (Å²) in [4.78, 5) is 0. The molecule has 0 heterocycles. The van der Waals surface area contributed by atoms with Crippen LogP contribution >= 0.6 is 0 Å². The lowest BCUT2D eigenvalue weighted by atomic mass is 9.80. The first-order valence-electron chi connectivity index (χ1n) is 10.7. The molecule has 0 spiro atoms. The lowest BCUT2D eigenvalue weighted by Gasteiger charge is -2.23. The largest absolute Gasteiger partial charge is 0.0587 e. The van der Waals surface area contributed by atoms with Crippen LogP contribution in [0, 0.1) is 41.5 Å². The van der Waals surface area contributed by atoms with Crippen LogP contribution in [0.2, 0.25) is 0 Å². The molecule has 0 fully saturated rings. The quantitative estimate of drug-likeness (QED) is 0.329. The van der Waals surface area contributed by atoms with Gasteiger partial charge in [-0.2, -0.15) is 0 Å². The Balaban J connectivity index is 2.08. The minimum Gasteiger partial charge on any atom is -0.0587 e. The van der Waals surface area contributed by atoms with Crippen molar-refractivity contribution in [2.75, 3.05) is 0 Å². The van der Waals surface area contributed by atoms with Crippen molar-refractivity contribution in [1.82, 2.24) is 0 Å². The van der Waals surface area contributed by atoms with Crippen LogP contribution in [0.5, 0.6) is 0 Å². The highest BCUT2D eigenvalue weighted by Crippen LogP contribution is 2.43. The molecule has 30 heavy (non-hydrogen) atoms. The monoisotopic (exact) mass is 390 g/mol. The normalized spacial score (nSPS) is 11.0. The Morgan fingerprint density at radius 3 is 0.700 bits per heavy atom. The summed E-state index contributed by atoms with van der Waals surface area (Å²) < 4.78 is 0. The minimum atomic E-state index is 1.29. The van der Waals surface area contributed by atoms with Crippen molar-refractivity contribution < 1.29 is 0 Å². The Morgan fingerprint density at radius 2 is 0.500 bits per heavy atom. The van der Waals surface area contributed by atoms with Crippen molar-refractivity contribution in [3.63, 3.8) is 0 Å². The molecule has 0 atom stereocenters. The maximum atomic E-state index is 2.28. The van der Waals surface area contributed by atoms with Gasteiger partial charge in [0.25, 0.3) is 0 Å². The summed E-state index contributed by atoms with van der Waals surface area (Å²) in [5.41, 5.74) is 15.9. The van der Waals surface area contributed by atoms with Gasteiger partial charge in [0.2, 0.25) is 0 Å². The van der Waals surface area contributed by atoms with Crippen LogP contribution in [0.1, 0.15) is 33.4 Å². The van der Waals surface area contributed by atoms with Crippen molar-refractivity contribution in [1.29, 1.82) is 0 Å². The zero-order valence-electron chi connectivity index (χ0n) is 18.9. The molecule has 4 rings (SSSR count). The summed E-state index contributed by atoms with van der Waals surface area (Å²) >= 11 is 0. The SMILES string of the molecule is Cc1ccc(-c2c(C)c(-c3ccc(C)cc3)c(C)c(-c3ccc(C)cc3)c2C)cc1. The molecule has 0 amide bonds. The summed E-state index contributed by atoms with van der Waals surface area (Å²) in [6.45, 7) is 13.3. The summed E-state index contributed by atoms with van der Waals surface area (Å²) in [5, 5.41) is 0. The first-order chi connectivity index (χ1) is 14.4. The fourth-order valence-electron chi connectivity index (χ4n) is 4.68. The molecule has 0 N–H and O–H groups in total. The molecule has 0 nitrogen and oxygen atoms in total. The van der Waals surface area contributed by atoms with Gasteiger partial charge in [0.15, 0.2) is 0 Å².